The topological polar surface area (TPSA) is 26.0 Å². The second-order valence-electron chi connectivity index (χ2n) is 3.85. The number of oxazole rings is 1. The minimum atomic E-state index is 0.197. The Balaban J connectivity index is 2.37. The van der Waals surface area contributed by atoms with Gasteiger partial charge in [-0.25, -0.2) is 0 Å². The van der Waals surface area contributed by atoms with Crippen molar-refractivity contribution in [2.24, 2.45) is 0 Å². The van der Waals surface area contributed by atoms with Crippen LogP contribution >= 0.6 is 22.9 Å². The highest BCUT2D eigenvalue weighted by atomic mass is 35.5. The summed E-state index contributed by atoms with van der Waals surface area (Å²) in [6.45, 7) is 0. The number of hydrogen-bond acceptors (Lipinski definition) is 3. The van der Waals surface area contributed by atoms with Crippen LogP contribution < -0.4 is 0 Å². The monoisotopic (exact) mass is 259 g/mol. The summed E-state index contributed by atoms with van der Waals surface area (Å²) in [6, 6.07) is 12.3. The third-order valence-electron chi connectivity index (χ3n) is 2.87. The Hall–Kier alpha value is -1.58. The lowest BCUT2D eigenvalue weighted by Crippen LogP contribution is -1.69. The highest BCUT2D eigenvalue weighted by Gasteiger charge is 2.12. The maximum absolute atomic E-state index is 5.83. The fraction of sp³-hybridized carbons (Fsp3) is 0. The second-order valence-corrected chi connectivity index (χ2v) is 5.26. The molecule has 0 aliphatic rings. The Bertz CT molecular complexity index is 862. The van der Waals surface area contributed by atoms with Crippen molar-refractivity contribution in [2.75, 3.05) is 0 Å². The molecule has 0 N–H and O–H groups in total. The van der Waals surface area contributed by atoms with E-state index in [0.717, 1.165) is 16.5 Å². The first kappa shape index (κ1) is 9.45. The molecule has 2 aromatic carbocycles. The van der Waals surface area contributed by atoms with Crippen LogP contribution in [0.4, 0.5) is 0 Å². The molecule has 0 saturated carbocycles. The number of halogens is 1. The summed E-state index contributed by atoms with van der Waals surface area (Å²) < 4.78 is 7.96. The lowest BCUT2D eigenvalue weighted by Gasteiger charge is -1.91. The van der Waals surface area contributed by atoms with E-state index in [1.807, 2.05) is 18.2 Å². The molecule has 0 radical (unpaired) electrons. The minimum absolute atomic E-state index is 0.197. The summed E-state index contributed by atoms with van der Waals surface area (Å²) in [7, 11) is 0. The van der Waals surface area contributed by atoms with Crippen molar-refractivity contribution < 1.29 is 4.42 Å². The molecule has 0 fully saturated rings. The molecule has 0 saturated heterocycles. The zero-order valence-corrected chi connectivity index (χ0v) is 10.2. The predicted molar refractivity (Wildman–Crippen MR) is 71.9 cm³/mol. The summed E-state index contributed by atoms with van der Waals surface area (Å²) in [5, 5.41) is 2.51. The second kappa shape index (κ2) is 3.22. The van der Waals surface area contributed by atoms with E-state index in [0.29, 0.717) is 0 Å². The molecular weight excluding hydrogens is 254 g/mol. The van der Waals surface area contributed by atoms with Crippen molar-refractivity contribution in [3.8, 4) is 0 Å². The van der Waals surface area contributed by atoms with Crippen LogP contribution in [0, 0.1) is 0 Å². The zero-order valence-electron chi connectivity index (χ0n) is 8.61. The van der Waals surface area contributed by atoms with Gasteiger partial charge in [-0.2, -0.15) is 4.98 Å². The summed E-state index contributed by atoms with van der Waals surface area (Å²) in [5.41, 5.74) is 1.59. The molecule has 2 nitrogen and oxygen atoms in total. The number of aromatic nitrogens is 1. The lowest BCUT2D eigenvalue weighted by molar-refractivity contribution is 0.608. The van der Waals surface area contributed by atoms with Gasteiger partial charge in [0, 0.05) is 20.2 Å². The molecule has 0 amide bonds. The number of nitrogens with zero attached hydrogens (tertiary/aromatic N) is 1. The van der Waals surface area contributed by atoms with E-state index >= 15 is 0 Å². The molecule has 0 atom stereocenters. The molecule has 4 rings (SSSR count). The SMILES string of the molecule is Clc1nc2ccc3sc4ccccc4c3c2o1. The van der Waals surface area contributed by atoms with Crippen molar-refractivity contribution >= 4 is 54.2 Å². The highest BCUT2D eigenvalue weighted by molar-refractivity contribution is 7.26. The van der Waals surface area contributed by atoms with Crippen molar-refractivity contribution in [3.05, 3.63) is 41.7 Å². The molecular formula is C13H6ClNOS. The average molecular weight is 260 g/mol. The van der Waals surface area contributed by atoms with E-state index < -0.39 is 0 Å². The Kier molecular flexibility index (Phi) is 1.79. The zero-order chi connectivity index (χ0) is 11.4. The van der Waals surface area contributed by atoms with Gasteiger partial charge in [-0.15, -0.1) is 11.3 Å². The van der Waals surface area contributed by atoms with E-state index in [1.54, 1.807) is 11.3 Å². The van der Waals surface area contributed by atoms with Crippen LogP contribution in [0.5, 0.6) is 0 Å². The van der Waals surface area contributed by atoms with Gasteiger partial charge in [0.2, 0.25) is 0 Å². The van der Waals surface area contributed by atoms with Crippen molar-refractivity contribution in [3.63, 3.8) is 0 Å². The van der Waals surface area contributed by atoms with Crippen molar-refractivity contribution in [1.82, 2.24) is 4.98 Å². The number of thiophene rings is 1. The summed E-state index contributed by atoms with van der Waals surface area (Å²) in [4.78, 5) is 4.15. The third kappa shape index (κ3) is 1.24. The Morgan fingerprint density at radius 3 is 2.88 bits per heavy atom. The Morgan fingerprint density at radius 2 is 1.94 bits per heavy atom. The first-order chi connectivity index (χ1) is 8.33. The minimum Gasteiger partial charge on any atom is -0.427 e. The van der Waals surface area contributed by atoms with E-state index in [4.69, 9.17) is 16.0 Å². The summed E-state index contributed by atoms with van der Waals surface area (Å²) >= 11 is 7.58. The number of fused-ring (bicyclic) bond motifs is 5. The smallest absolute Gasteiger partial charge is 0.293 e. The molecule has 17 heavy (non-hydrogen) atoms. The van der Waals surface area contributed by atoms with Crippen molar-refractivity contribution in [2.45, 2.75) is 0 Å². The quantitative estimate of drug-likeness (QED) is 0.451. The predicted octanol–water partition coefficient (Wildman–Crippen LogP) is 4.85. The summed E-state index contributed by atoms with van der Waals surface area (Å²) in [6.07, 6.45) is 0. The Labute approximate surface area is 105 Å². The molecule has 4 aromatic rings. The van der Waals surface area contributed by atoms with Gasteiger partial charge in [0.05, 0.1) is 0 Å². The third-order valence-corrected chi connectivity index (χ3v) is 4.17. The van der Waals surface area contributed by atoms with Gasteiger partial charge in [-0.05, 0) is 29.8 Å². The largest absolute Gasteiger partial charge is 0.427 e. The highest BCUT2D eigenvalue weighted by Crippen LogP contribution is 2.38. The first-order valence-corrected chi connectivity index (χ1v) is 6.39. The Morgan fingerprint density at radius 1 is 1.06 bits per heavy atom. The van der Waals surface area contributed by atoms with Gasteiger partial charge >= 0.3 is 0 Å². The van der Waals surface area contributed by atoms with Gasteiger partial charge in [0.25, 0.3) is 5.35 Å². The van der Waals surface area contributed by atoms with E-state index in [-0.39, 0.29) is 5.35 Å². The van der Waals surface area contributed by atoms with Crippen LogP contribution in [0.2, 0.25) is 5.35 Å². The van der Waals surface area contributed by atoms with Gasteiger partial charge in [0.1, 0.15) is 5.52 Å². The molecule has 82 valence electrons. The van der Waals surface area contributed by atoms with E-state index in [2.05, 4.69) is 23.2 Å². The normalized spacial score (nSPS) is 11.8. The van der Waals surface area contributed by atoms with Crippen LogP contribution in [0.1, 0.15) is 0 Å². The van der Waals surface area contributed by atoms with Gasteiger partial charge in [-0.1, -0.05) is 18.2 Å². The molecule has 2 heterocycles. The molecule has 0 bridgehead atoms. The van der Waals surface area contributed by atoms with Crippen LogP contribution in [-0.4, -0.2) is 4.98 Å². The molecule has 4 heteroatoms. The first-order valence-electron chi connectivity index (χ1n) is 5.19. The van der Waals surface area contributed by atoms with Crippen LogP contribution in [-0.2, 0) is 0 Å². The van der Waals surface area contributed by atoms with Gasteiger partial charge < -0.3 is 4.42 Å². The fourth-order valence-corrected chi connectivity index (χ4v) is 3.44. The molecule has 0 aliphatic carbocycles. The standard InChI is InChI=1S/C13H6ClNOS/c14-13-15-8-5-6-10-11(12(8)16-13)7-3-1-2-4-9(7)17-10/h1-6H. The van der Waals surface area contributed by atoms with Gasteiger partial charge in [-0.3, -0.25) is 0 Å². The number of hydrogen-bond donors (Lipinski definition) is 0. The maximum atomic E-state index is 5.83. The van der Waals surface area contributed by atoms with E-state index in [1.165, 1.54) is 14.8 Å². The molecule has 0 aliphatic heterocycles. The van der Waals surface area contributed by atoms with E-state index in [9.17, 15) is 0 Å². The molecule has 0 spiro atoms. The van der Waals surface area contributed by atoms with Gasteiger partial charge in [0.15, 0.2) is 5.58 Å². The lowest BCUT2D eigenvalue weighted by atomic mass is 10.1. The van der Waals surface area contributed by atoms with Crippen LogP contribution in [0.3, 0.4) is 0 Å². The van der Waals surface area contributed by atoms with Crippen LogP contribution in [0.25, 0.3) is 31.3 Å². The molecule has 0 unspecified atom stereocenters. The van der Waals surface area contributed by atoms with Crippen molar-refractivity contribution in [1.29, 1.82) is 0 Å². The van der Waals surface area contributed by atoms with Crippen LogP contribution in [0.15, 0.2) is 40.8 Å². The fourth-order valence-electron chi connectivity index (χ4n) is 2.17. The summed E-state index contributed by atoms with van der Waals surface area (Å²) in [5.74, 6) is 0. The average Bonchev–Trinajstić information content (AvgIpc) is 2.87. The number of benzene rings is 2. The number of rotatable bonds is 0. The molecule has 2 aromatic heterocycles. The maximum Gasteiger partial charge on any atom is 0.293 e.